The fourth-order valence-electron chi connectivity index (χ4n) is 3.51. The molecule has 172 valence electrons. The van der Waals surface area contributed by atoms with Gasteiger partial charge in [0, 0.05) is 42.2 Å². The number of aromatic nitrogens is 2. The molecule has 10 heteroatoms. The minimum absolute atomic E-state index is 0.107. The number of carbonyl (C=O) groups is 2. The van der Waals surface area contributed by atoms with Crippen LogP contribution >= 0.6 is 0 Å². The van der Waals surface area contributed by atoms with Crippen molar-refractivity contribution in [3.8, 4) is 5.88 Å². The lowest BCUT2D eigenvalue weighted by Gasteiger charge is -2.25. The Labute approximate surface area is 184 Å². The Bertz CT molecular complexity index is 1010. The Morgan fingerprint density at radius 2 is 2.09 bits per heavy atom. The summed E-state index contributed by atoms with van der Waals surface area (Å²) in [6.45, 7) is 4.72. The molecule has 0 saturated heterocycles. The van der Waals surface area contributed by atoms with Gasteiger partial charge in [0.15, 0.2) is 6.61 Å². The standard InChI is InChI=1S/C22H25F3N4O3/c1-4-5-7-27-19(30)18-17-11-29(21(31)16(17)6-8-26-18)14(3)15-9-13(2)20(28-10-15)32-12-22(23,24)25/h6,8-10,14H,4-5,7,11-12H2,1-3H3,(H,27,30). The van der Waals surface area contributed by atoms with Crippen LogP contribution in [0.15, 0.2) is 24.5 Å². The van der Waals surface area contributed by atoms with Crippen LogP contribution in [-0.2, 0) is 6.54 Å². The molecule has 0 aliphatic carbocycles. The van der Waals surface area contributed by atoms with Gasteiger partial charge in [-0.25, -0.2) is 4.98 Å². The van der Waals surface area contributed by atoms with Crippen molar-refractivity contribution in [2.45, 2.75) is 52.4 Å². The summed E-state index contributed by atoms with van der Waals surface area (Å²) in [5.41, 5.74) is 2.28. The average Bonchev–Trinajstić information content (AvgIpc) is 3.08. The Balaban J connectivity index is 1.77. The Kier molecular flexibility index (Phi) is 7.00. The number of hydrogen-bond acceptors (Lipinski definition) is 5. The number of ether oxygens (including phenoxy) is 1. The van der Waals surface area contributed by atoms with Gasteiger partial charge < -0.3 is 15.0 Å². The van der Waals surface area contributed by atoms with E-state index in [1.54, 1.807) is 30.9 Å². The molecule has 1 aliphatic rings. The van der Waals surface area contributed by atoms with Crippen molar-refractivity contribution in [1.82, 2.24) is 20.2 Å². The molecule has 0 radical (unpaired) electrons. The number of nitrogens with one attached hydrogen (secondary N) is 1. The number of aryl methyl sites for hydroxylation is 1. The lowest BCUT2D eigenvalue weighted by Crippen LogP contribution is -2.28. The maximum atomic E-state index is 13.0. The molecule has 2 aromatic rings. The average molecular weight is 450 g/mol. The van der Waals surface area contributed by atoms with Gasteiger partial charge in [0.2, 0.25) is 5.88 Å². The minimum Gasteiger partial charge on any atom is -0.468 e. The SMILES string of the molecule is CCCCNC(=O)c1nccc2c1CN(C(C)c1cnc(OCC(F)(F)F)c(C)c1)C2=O. The lowest BCUT2D eigenvalue weighted by molar-refractivity contribution is -0.154. The van der Waals surface area contributed by atoms with Crippen molar-refractivity contribution in [3.63, 3.8) is 0 Å². The Hall–Kier alpha value is -3.17. The van der Waals surface area contributed by atoms with Gasteiger partial charge in [-0.2, -0.15) is 13.2 Å². The summed E-state index contributed by atoms with van der Waals surface area (Å²) in [5, 5.41) is 2.82. The summed E-state index contributed by atoms with van der Waals surface area (Å²) < 4.78 is 42.0. The third-order valence-corrected chi connectivity index (χ3v) is 5.28. The number of hydrogen-bond donors (Lipinski definition) is 1. The molecule has 0 aromatic carbocycles. The quantitative estimate of drug-likeness (QED) is 0.615. The van der Waals surface area contributed by atoms with Gasteiger partial charge in [0.25, 0.3) is 11.8 Å². The van der Waals surface area contributed by atoms with Crippen molar-refractivity contribution in [2.75, 3.05) is 13.2 Å². The van der Waals surface area contributed by atoms with Crippen LogP contribution in [-0.4, -0.2) is 46.0 Å². The minimum atomic E-state index is -4.46. The number of alkyl halides is 3. The van der Waals surface area contributed by atoms with Crippen molar-refractivity contribution in [1.29, 1.82) is 0 Å². The van der Waals surface area contributed by atoms with E-state index in [1.807, 2.05) is 6.92 Å². The summed E-state index contributed by atoms with van der Waals surface area (Å²) in [7, 11) is 0. The number of rotatable bonds is 8. The van der Waals surface area contributed by atoms with E-state index in [2.05, 4.69) is 15.3 Å². The maximum absolute atomic E-state index is 13.0. The lowest BCUT2D eigenvalue weighted by atomic mass is 10.1. The van der Waals surface area contributed by atoms with E-state index in [-0.39, 0.29) is 29.9 Å². The zero-order chi connectivity index (χ0) is 23.5. The van der Waals surface area contributed by atoms with E-state index in [4.69, 9.17) is 4.74 Å². The predicted molar refractivity (Wildman–Crippen MR) is 110 cm³/mol. The van der Waals surface area contributed by atoms with Crippen LogP contribution < -0.4 is 10.1 Å². The number of halogens is 3. The van der Waals surface area contributed by atoms with Crippen molar-refractivity contribution in [3.05, 3.63) is 52.5 Å². The van der Waals surface area contributed by atoms with Gasteiger partial charge in [-0.15, -0.1) is 0 Å². The second-order valence-corrected chi connectivity index (χ2v) is 7.70. The zero-order valence-corrected chi connectivity index (χ0v) is 18.1. The van der Waals surface area contributed by atoms with Crippen molar-refractivity contribution >= 4 is 11.8 Å². The fourth-order valence-corrected chi connectivity index (χ4v) is 3.51. The molecule has 1 unspecified atom stereocenters. The van der Waals surface area contributed by atoms with E-state index >= 15 is 0 Å². The van der Waals surface area contributed by atoms with Gasteiger partial charge in [-0.1, -0.05) is 13.3 Å². The summed E-state index contributed by atoms with van der Waals surface area (Å²) >= 11 is 0. The van der Waals surface area contributed by atoms with Gasteiger partial charge in [-0.3, -0.25) is 14.6 Å². The maximum Gasteiger partial charge on any atom is 0.422 e. The molecule has 3 rings (SSSR count). The van der Waals surface area contributed by atoms with Crippen molar-refractivity contribution < 1.29 is 27.5 Å². The van der Waals surface area contributed by atoms with Gasteiger partial charge in [-0.05, 0) is 38.0 Å². The molecule has 0 bridgehead atoms. The topological polar surface area (TPSA) is 84.4 Å². The van der Waals surface area contributed by atoms with Crippen LogP contribution in [0.4, 0.5) is 13.2 Å². The molecular weight excluding hydrogens is 425 g/mol. The molecule has 32 heavy (non-hydrogen) atoms. The van der Waals surface area contributed by atoms with Gasteiger partial charge in [0.1, 0.15) is 5.69 Å². The molecule has 0 saturated carbocycles. The van der Waals surface area contributed by atoms with Crippen LogP contribution in [0.1, 0.15) is 70.3 Å². The molecule has 7 nitrogen and oxygen atoms in total. The van der Waals surface area contributed by atoms with Gasteiger partial charge in [0.05, 0.1) is 6.04 Å². The number of nitrogens with zero attached hydrogens (tertiary/aromatic N) is 3. The molecule has 1 N–H and O–H groups in total. The summed E-state index contributed by atoms with van der Waals surface area (Å²) in [6.07, 6.45) is 0.173. The number of fused-ring (bicyclic) bond motifs is 1. The molecular formula is C22H25F3N4O3. The first-order valence-corrected chi connectivity index (χ1v) is 10.4. The van der Waals surface area contributed by atoms with E-state index in [0.29, 0.717) is 28.8 Å². The number of amides is 2. The van der Waals surface area contributed by atoms with E-state index in [1.165, 1.54) is 12.4 Å². The number of carbonyl (C=O) groups excluding carboxylic acids is 2. The smallest absolute Gasteiger partial charge is 0.422 e. The largest absolute Gasteiger partial charge is 0.468 e. The van der Waals surface area contributed by atoms with Crippen LogP contribution in [0, 0.1) is 6.92 Å². The van der Waals surface area contributed by atoms with E-state index in [9.17, 15) is 22.8 Å². The highest BCUT2D eigenvalue weighted by atomic mass is 19.4. The summed E-state index contributed by atoms with van der Waals surface area (Å²) in [6, 6.07) is 2.81. The molecule has 0 spiro atoms. The van der Waals surface area contributed by atoms with Crippen LogP contribution in [0.3, 0.4) is 0 Å². The molecule has 2 amide bonds. The molecule has 2 aromatic heterocycles. The first kappa shape index (κ1) is 23.5. The highest BCUT2D eigenvalue weighted by Crippen LogP contribution is 2.33. The Morgan fingerprint density at radius 1 is 1.34 bits per heavy atom. The van der Waals surface area contributed by atoms with Gasteiger partial charge >= 0.3 is 6.18 Å². The molecule has 3 heterocycles. The fraction of sp³-hybridized carbons (Fsp3) is 0.455. The monoisotopic (exact) mass is 450 g/mol. The van der Waals surface area contributed by atoms with E-state index in [0.717, 1.165) is 12.8 Å². The second-order valence-electron chi connectivity index (χ2n) is 7.70. The summed E-state index contributed by atoms with van der Waals surface area (Å²) in [4.78, 5) is 35.3. The summed E-state index contributed by atoms with van der Waals surface area (Å²) in [5.74, 6) is -0.668. The van der Waals surface area contributed by atoms with E-state index < -0.39 is 18.8 Å². The molecule has 0 fully saturated rings. The van der Waals surface area contributed by atoms with Crippen LogP contribution in [0.2, 0.25) is 0 Å². The van der Waals surface area contributed by atoms with Crippen LogP contribution in [0.25, 0.3) is 0 Å². The van der Waals surface area contributed by atoms with Crippen molar-refractivity contribution in [2.24, 2.45) is 0 Å². The van der Waals surface area contributed by atoms with Crippen LogP contribution in [0.5, 0.6) is 5.88 Å². The molecule has 1 aliphatic heterocycles. The normalized spacial score (nSPS) is 14.3. The number of unbranched alkanes of at least 4 members (excludes halogenated alkanes) is 1. The second kappa shape index (κ2) is 9.54. The number of pyridine rings is 2. The predicted octanol–water partition coefficient (Wildman–Crippen LogP) is 3.97. The highest BCUT2D eigenvalue weighted by Gasteiger charge is 2.35. The first-order valence-electron chi connectivity index (χ1n) is 10.4. The molecule has 1 atom stereocenters. The zero-order valence-electron chi connectivity index (χ0n) is 18.1. The third-order valence-electron chi connectivity index (χ3n) is 5.28. The first-order chi connectivity index (χ1) is 15.1. The highest BCUT2D eigenvalue weighted by molar-refractivity contribution is 6.03. The Morgan fingerprint density at radius 3 is 2.75 bits per heavy atom. The third kappa shape index (κ3) is 5.17.